The standard InChI is InChI=1S/C83H135N15O22S/c1-8-51(4)44-52(5)19-14-11-9-10-12-17-23-68(107)90-61-47-65(104)74(87-34-32-84)96-79(114)62-22-18-37-97(62)83(118)70(94-81(116)71(73(109)72(108)55-24-26-56(101)27-25-55)95-80(115)63-46-57(102)48-98(63)82(117)69(53(6)100)93-78(61)113)64(103)30-33-85-66(105)28-29-67(106)86-35-38-119-40-41-120-39-36-88-75(110)60(45-54-20-15-13-16-21-54)92-77(112)59(43-50(2)3)91-76(111)58(89-49-99)31-42-121-7/h13,15-16,20-21,24-27,49-53,57-65,69-74,87,100-104,108-109H,8-12,14,17-19,22-23,28-48,84H2,1-7H3,(H,85,105)(H,86,106)(H,88,110)(H,89,99)(H,90,107)(H,91,111)(H,92,112)(H,93,113)(H,94,116)(H,95,115)(H,96,114)/t51-,52+,53+,57+,58-,59-,60-,61-,62-,63-,64+,65+,69-,70-,71-,72-,73-,74-/m0/s1. The van der Waals surface area contributed by atoms with Gasteiger partial charge in [-0.25, -0.2) is 0 Å². The largest absolute Gasteiger partial charge is 0.508 e. The Bertz CT molecular complexity index is 3560. The lowest BCUT2D eigenvalue weighted by molar-refractivity contribution is -0.147. The number of hydrogen-bond donors (Lipinski definition) is 20. The smallest absolute Gasteiger partial charge is 0.248 e. The molecule has 13 amide bonds. The average molecular weight is 1730 g/mol. The highest BCUT2D eigenvalue weighted by Gasteiger charge is 2.48. The first-order valence-electron chi connectivity index (χ1n) is 42.5. The maximum Gasteiger partial charge on any atom is 0.248 e. The highest BCUT2D eigenvalue weighted by molar-refractivity contribution is 7.98. The first kappa shape index (κ1) is 103. The number of fused-ring (bicyclic) bond motifs is 2. The van der Waals surface area contributed by atoms with Crippen molar-refractivity contribution in [1.82, 2.24) is 73.6 Å². The number of amides is 13. The van der Waals surface area contributed by atoms with E-state index in [1.807, 2.05) is 38.3 Å². The molecule has 0 unspecified atom stereocenters. The lowest BCUT2D eigenvalue weighted by Crippen LogP contribution is -2.64. The Morgan fingerprint density at radius 2 is 1.21 bits per heavy atom. The first-order chi connectivity index (χ1) is 57.8. The summed E-state index contributed by atoms with van der Waals surface area (Å²) in [5.74, 6) is -8.76. The zero-order valence-corrected chi connectivity index (χ0v) is 71.8. The molecule has 21 N–H and O–H groups in total. The van der Waals surface area contributed by atoms with Gasteiger partial charge in [0.25, 0.3) is 0 Å². The van der Waals surface area contributed by atoms with Crippen LogP contribution < -0.4 is 69.5 Å². The quantitative estimate of drug-likeness (QED) is 0.0253. The van der Waals surface area contributed by atoms with Crippen molar-refractivity contribution in [1.29, 1.82) is 0 Å². The Balaban J connectivity index is 1.25. The topological polar surface area (TPSA) is 559 Å². The molecule has 0 radical (unpaired) electrons. The van der Waals surface area contributed by atoms with E-state index in [1.165, 1.54) is 30.3 Å². The van der Waals surface area contributed by atoms with Gasteiger partial charge in [0.15, 0.2) is 0 Å². The van der Waals surface area contributed by atoms with Crippen molar-refractivity contribution in [3.8, 4) is 5.75 Å². The summed E-state index contributed by atoms with van der Waals surface area (Å²) in [5, 5.41) is 112. The highest BCUT2D eigenvalue weighted by atomic mass is 32.2. The van der Waals surface area contributed by atoms with Gasteiger partial charge in [-0.1, -0.05) is 122 Å². The van der Waals surface area contributed by atoms with Crippen molar-refractivity contribution in [3.05, 3.63) is 65.7 Å². The number of carbonyl (C=O) groups is 13. The number of hydrogen-bond acceptors (Lipinski definition) is 25. The number of nitrogens with one attached hydrogen (secondary N) is 12. The summed E-state index contributed by atoms with van der Waals surface area (Å²) in [6.45, 7) is 10.8. The van der Waals surface area contributed by atoms with E-state index in [-0.39, 0.29) is 121 Å². The summed E-state index contributed by atoms with van der Waals surface area (Å²) in [4.78, 5) is 183. The van der Waals surface area contributed by atoms with Gasteiger partial charge in [-0.05, 0) is 105 Å². The summed E-state index contributed by atoms with van der Waals surface area (Å²) < 4.78 is 11.2. The van der Waals surface area contributed by atoms with Crippen LogP contribution in [0.3, 0.4) is 0 Å². The van der Waals surface area contributed by atoms with Crippen LogP contribution in [0.5, 0.6) is 5.75 Å². The number of carbonyl (C=O) groups excluding carboxylic acids is 13. The van der Waals surface area contributed by atoms with E-state index in [2.05, 4.69) is 84.6 Å². The number of nitrogens with two attached hydrogens (primary N) is 1. The highest BCUT2D eigenvalue weighted by Crippen LogP contribution is 2.28. The second-order valence-electron chi connectivity index (χ2n) is 32.1. The molecule has 0 bridgehead atoms. The molecule has 3 aliphatic heterocycles. The Kier molecular flexibility index (Phi) is 47.1. The van der Waals surface area contributed by atoms with Crippen LogP contribution in [-0.4, -0.2) is 298 Å². The summed E-state index contributed by atoms with van der Waals surface area (Å²) >= 11 is 1.50. The van der Waals surface area contributed by atoms with Crippen LogP contribution in [0, 0.1) is 17.8 Å². The van der Waals surface area contributed by atoms with Gasteiger partial charge in [-0.15, -0.1) is 0 Å². The maximum absolute atomic E-state index is 15.2. The summed E-state index contributed by atoms with van der Waals surface area (Å²) in [7, 11) is 0. The zero-order chi connectivity index (χ0) is 89.1. The van der Waals surface area contributed by atoms with Crippen molar-refractivity contribution in [2.45, 2.75) is 267 Å². The van der Waals surface area contributed by atoms with Gasteiger partial charge in [0.2, 0.25) is 77.3 Å². The minimum absolute atomic E-state index is 0.0220. The normalized spacial score (nSPS) is 22.4. The molecular weight excluding hydrogens is 1590 g/mol. The molecule has 2 aromatic rings. The zero-order valence-electron chi connectivity index (χ0n) is 71.0. The molecule has 3 aliphatic rings. The van der Waals surface area contributed by atoms with Gasteiger partial charge in [-0.2, -0.15) is 11.8 Å². The maximum atomic E-state index is 15.2. The second kappa shape index (κ2) is 55.4. The average Bonchev–Trinajstić information content (AvgIpc) is 1.73. The van der Waals surface area contributed by atoms with Crippen LogP contribution in [0.4, 0.5) is 0 Å². The number of phenolic OH excluding ortho intramolecular Hbond substituents is 1. The SMILES string of the molecule is CC[C@H](C)C[C@H](C)CCCCCCCCC(=O)N[C@H]1C[C@@H](O)[C@@H](NCCN)NC(=O)[C@@H]2CCCN2C(=O)[C@H]([C@H](O)CCNC(=O)CCC(=O)NCCOCCOCCNC(=O)[C@H](Cc2ccccc2)NC(=O)[C@H](CC(C)C)NC(=O)[C@H](CCSC)NC=O)NC(=O)[C@H]([C@H](O)[C@@H](O)c2ccc(O)cc2)NC(=O)[C@@H]2C[C@@H](O)CN2C(=O)[C@H]([C@@H](C)O)NC1=O. The van der Waals surface area contributed by atoms with Crippen molar-refractivity contribution in [2.24, 2.45) is 23.5 Å². The first-order valence-corrected chi connectivity index (χ1v) is 43.9. The Morgan fingerprint density at radius 3 is 1.85 bits per heavy atom. The number of aliphatic hydroxyl groups excluding tert-OH is 6. The van der Waals surface area contributed by atoms with E-state index in [4.69, 9.17) is 15.2 Å². The number of thioether (sulfide) groups is 1. The van der Waals surface area contributed by atoms with Crippen molar-refractivity contribution >= 4 is 89.1 Å². The van der Waals surface area contributed by atoms with E-state index in [9.17, 15) is 88.5 Å². The van der Waals surface area contributed by atoms with Crippen LogP contribution in [0.2, 0.25) is 0 Å². The summed E-state index contributed by atoms with van der Waals surface area (Å²) in [6, 6.07) is -0.338. The lowest BCUT2D eigenvalue weighted by atomic mass is 9.91. The van der Waals surface area contributed by atoms with Crippen LogP contribution in [-0.2, 0) is 78.2 Å². The van der Waals surface area contributed by atoms with Gasteiger partial charge in [-0.3, -0.25) is 67.6 Å². The fourth-order valence-corrected chi connectivity index (χ4v) is 15.2. The molecule has 37 nitrogen and oxygen atoms in total. The third kappa shape index (κ3) is 36.3. The molecule has 680 valence electrons. The van der Waals surface area contributed by atoms with Gasteiger partial charge in [0.1, 0.15) is 78.5 Å². The number of aromatic hydroxyl groups is 1. The van der Waals surface area contributed by atoms with E-state index in [0.717, 1.165) is 72.9 Å². The molecule has 3 fully saturated rings. The molecule has 2 aromatic carbocycles. The minimum Gasteiger partial charge on any atom is -0.508 e. The summed E-state index contributed by atoms with van der Waals surface area (Å²) in [6.07, 6.45) is -3.63. The molecule has 3 heterocycles. The number of rotatable bonds is 50. The molecule has 5 rings (SSSR count). The monoisotopic (exact) mass is 1730 g/mol. The molecule has 0 aliphatic carbocycles. The Hall–Kier alpha value is -8.70. The van der Waals surface area contributed by atoms with Crippen LogP contribution in [0.15, 0.2) is 54.6 Å². The van der Waals surface area contributed by atoms with E-state index in [1.54, 1.807) is 12.1 Å². The number of unbranched alkanes of at least 4 members (excludes halogenated alkanes) is 5. The number of phenols is 1. The van der Waals surface area contributed by atoms with Gasteiger partial charge >= 0.3 is 0 Å². The van der Waals surface area contributed by atoms with Crippen LogP contribution >= 0.6 is 11.8 Å². The number of aliphatic hydroxyl groups is 6. The number of ether oxygens (including phenoxy) is 2. The van der Waals surface area contributed by atoms with Gasteiger partial charge < -0.3 is 119 Å². The predicted octanol–water partition coefficient (Wildman–Crippen LogP) is -1.95. The second-order valence-corrected chi connectivity index (χ2v) is 33.1. The van der Waals surface area contributed by atoms with Gasteiger partial charge in [0.05, 0.1) is 50.8 Å². The number of nitrogens with zero attached hydrogens (tertiary/aromatic N) is 2. The Morgan fingerprint density at radius 1 is 0.612 bits per heavy atom. The van der Waals surface area contributed by atoms with Crippen LogP contribution in [0.1, 0.15) is 181 Å². The molecule has 18 atom stereocenters. The molecular formula is C83H135N15O22S. The molecule has 121 heavy (non-hydrogen) atoms. The van der Waals surface area contributed by atoms with E-state index < -0.39 is 200 Å². The van der Waals surface area contributed by atoms with Crippen molar-refractivity contribution in [2.75, 3.05) is 84.2 Å². The fourth-order valence-electron chi connectivity index (χ4n) is 14.7. The molecule has 0 aromatic heterocycles. The third-order valence-corrected chi connectivity index (χ3v) is 22.3. The van der Waals surface area contributed by atoms with E-state index >= 15 is 9.59 Å². The van der Waals surface area contributed by atoms with Gasteiger partial charge in [0, 0.05) is 84.3 Å². The summed E-state index contributed by atoms with van der Waals surface area (Å²) in [5.41, 5.74) is 6.56. The lowest BCUT2D eigenvalue weighted by Gasteiger charge is -2.34. The van der Waals surface area contributed by atoms with Crippen molar-refractivity contribution in [3.63, 3.8) is 0 Å². The number of benzene rings is 2. The molecule has 38 heteroatoms. The minimum atomic E-state index is -2.36. The Labute approximate surface area is 713 Å². The van der Waals surface area contributed by atoms with E-state index in [0.29, 0.717) is 43.3 Å². The molecule has 0 saturated carbocycles. The molecule has 3 saturated heterocycles. The van der Waals surface area contributed by atoms with Crippen molar-refractivity contribution < 1.29 is 108 Å². The van der Waals surface area contributed by atoms with Crippen LogP contribution in [0.25, 0.3) is 0 Å². The molecule has 0 spiro atoms. The fraction of sp³-hybridized carbons (Fsp3) is 0.699. The third-order valence-electron chi connectivity index (χ3n) is 21.6. The predicted molar refractivity (Wildman–Crippen MR) is 449 cm³/mol.